The molecule has 4 nitrogen and oxygen atoms in total. The Morgan fingerprint density at radius 3 is 2.50 bits per heavy atom. The van der Waals surface area contributed by atoms with Crippen LogP contribution in [0.2, 0.25) is 0 Å². The Kier molecular flexibility index (Phi) is 3.48. The SMILES string of the molecule is O=[N+]([O-])c1ccc(C(F)(F)CCO)c(F)c1. The van der Waals surface area contributed by atoms with E-state index >= 15 is 0 Å². The standard InChI is InChI=1S/C9H8F3NO3/c10-8-5-6(13(15)16)1-2-7(8)9(11,12)3-4-14/h1-2,5,14H,3-4H2. The summed E-state index contributed by atoms with van der Waals surface area (Å²) in [7, 11) is 0. The number of benzene rings is 1. The summed E-state index contributed by atoms with van der Waals surface area (Å²) < 4.78 is 39.5. The third-order valence-corrected chi connectivity index (χ3v) is 1.98. The van der Waals surface area contributed by atoms with Crippen LogP contribution in [-0.2, 0) is 5.92 Å². The molecule has 1 aromatic carbocycles. The second-order valence-corrected chi connectivity index (χ2v) is 3.10. The predicted octanol–water partition coefficient (Wildman–Crippen LogP) is 2.21. The zero-order chi connectivity index (χ0) is 12.3. The zero-order valence-electron chi connectivity index (χ0n) is 7.99. The van der Waals surface area contributed by atoms with Gasteiger partial charge in [0.2, 0.25) is 0 Å². The van der Waals surface area contributed by atoms with E-state index in [0.717, 1.165) is 6.07 Å². The number of hydrogen-bond acceptors (Lipinski definition) is 3. The van der Waals surface area contributed by atoms with Gasteiger partial charge in [0, 0.05) is 19.1 Å². The summed E-state index contributed by atoms with van der Waals surface area (Å²) in [6.07, 6.45) is -0.929. The van der Waals surface area contributed by atoms with E-state index in [1.807, 2.05) is 0 Å². The minimum absolute atomic E-state index is 0.431. The molecule has 0 aliphatic heterocycles. The van der Waals surface area contributed by atoms with Crippen molar-refractivity contribution in [2.75, 3.05) is 6.61 Å². The zero-order valence-corrected chi connectivity index (χ0v) is 7.99. The molecular formula is C9H8F3NO3. The van der Waals surface area contributed by atoms with Gasteiger partial charge in [0.1, 0.15) is 5.82 Å². The molecule has 0 aliphatic carbocycles. The lowest BCUT2D eigenvalue weighted by Crippen LogP contribution is -2.17. The largest absolute Gasteiger partial charge is 0.396 e. The maximum Gasteiger partial charge on any atom is 0.278 e. The second kappa shape index (κ2) is 4.48. The van der Waals surface area contributed by atoms with Crippen molar-refractivity contribution in [2.24, 2.45) is 0 Å². The van der Waals surface area contributed by atoms with Crippen LogP contribution < -0.4 is 0 Å². The summed E-state index contributed by atoms with van der Waals surface area (Å²) in [5, 5.41) is 18.6. The van der Waals surface area contributed by atoms with E-state index in [0.29, 0.717) is 12.1 Å². The van der Waals surface area contributed by atoms with E-state index in [2.05, 4.69) is 0 Å². The summed E-state index contributed by atoms with van der Waals surface area (Å²) >= 11 is 0. The summed E-state index contributed by atoms with van der Waals surface area (Å²) in [6, 6.07) is 1.88. The highest BCUT2D eigenvalue weighted by molar-refractivity contribution is 5.36. The monoisotopic (exact) mass is 235 g/mol. The molecule has 7 heteroatoms. The number of alkyl halides is 2. The predicted molar refractivity (Wildman–Crippen MR) is 48.7 cm³/mol. The molecule has 0 atom stereocenters. The average Bonchev–Trinajstić information content (AvgIpc) is 2.16. The van der Waals surface area contributed by atoms with Crippen molar-refractivity contribution >= 4 is 5.69 Å². The van der Waals surface area contributed by atoms with Crippen molar-refractivity contribution in [2.45, 2.75) is 12.3 Å². The third kappa shape index (κ3) is 2.48. The number of nitrogens with zero attached hydrogens (tertiary/aromatic N) is 1. The Hall–Kier alpha value is -1.63. The maximum atomic E-state index is 13.2. The molecule has 0 spiro atoms. The van der Waals surface area contributed by atoms with Gasteiger partial charge in [0.05, 0.1) is 16.6 Å². The van der Waals surface area contributed by atoms with Crippen LogP contribution in [0.1, 0.15) is 12.0 Å². The quantitative estimate of drug-likeness (QED) is 0.642. The van der Waals surface area contributed by atoms with Crippen molar-refractivity contribution in [3.05, 3.63) is 39.7 Å². The number of hydrogen-bond donors (Lipinski definition) is 1. The van der Waals surface area contributed by atoms with Crippen molar-refractivity contribution in [1.82, 2.24) is 0 Å². The van der Waals surface area contributed by atoms with E-state index < -0.39 is 40.9 Å². The fraction of sp³-hybridized carbons (Fsp3) is 0.333. The highest BCUT2D eigenvalue weighted by Crippen LogP contribution is 2.34. The highest BCUT2D eigenvalue weighted by atomic mass is 19.3. The van der Waals surface area contributed by atoms with Crippen LogP contribution in [-0.4, -0.2) is 16.6 Å². The van der Waals surface area contributed by atoms with Gasteiger partial charge in [-0.1, -0.05) is 0 Å². The van der Waals surface area contributed by atoms with Crippen LogP contribution in [0.5, 0.6) is 0 Å². The molecule has 0 aliphatic rings. The Morgan fingerprint density at radius 2 is 2.06 bits per heavy atom. The van der Waals surface area contributed by atoms with Crippen molar-refractivity contribution < 1.29 is 23.2 Å². The molecule has 1 rings (SSSR count). The van der Waals surface area contributed by atoms with Crippen molar-refractivity contribution in [3.8, 4) is 0 Å². The van der Waals surface area contributed by atoms with Gasteiger partial charge in [-0.3, -0.25) is 10.1 Å². The number of nitro benzene ring substituents is 1. The van der Waals surface area contributed by atoms with E-state index in [1.54, 1.807) is 0 Å². The molecule has 88 valence electrons. The molecule has 0 aromatic heterocycles. The van der Waals surface area contributed by atoms with Crippen LogP contribution in [0.25, 0.3) is 0 Å². The summed E-state index contributed by atoms with van der Waals surface area (Å²) in [5.41, 5.74) is -1.55. The average molecular weight is 235 g/mol. The Balaban J connectivity index is 3.12. The number of aliphatic hydroxyl groups is 1. The number of halogens is 3. The molecule has 0 saturated heterocycles. The number of rotatable bonds is 4. The summed E-state index contributed by atoms with van der Waals surface area (Å²) in [5.74, 6) is -4.89. The Bertz CT molecular complexity index is 409. The Morgan fingerprint density at radius 1 is 1.44 bits per heavy atom. The second-order valence-electron chi connectivity index (χ2n) is 3.10. The highest BCUT2D eigenvalue weighted by Gasteiger charge is 2.34. The molecule has 0 fully saturated rings. The fourth-order valence-electron chi connectivity index (χ4n) is 1.19. The minimum atomic E-state index is -3.53. The lowest BCUT2D eigenvalue weighted by atomic mass is 10.0. The van der Waals surface area contributed by atoms with Crippen LogP contribution in [0, 0.1) is 15.9 Å². The van der Waals surface area contributed by atoms with Gasteiger partial charge in [-0.05, 0) is 6.07 Å². The molecular weight excluding hydrogens is 227 g/mol. The molecule has 0 bridgehead atoms. The minimum Gasteiger partial charge on any atom is -0.396 e. The smallest absolute Gasteiger partial charge is 0.278 e. The van der Waals surface area contributed by atoms with E-state index in [9.17, 15) is 23.3 Å². The molecule has 1 aromatic rings. The third-order valence-electron chi connectivity index (χ3n) is 1.98. The van der Waals surface area contributed by atoms with E-state index in [4.69, 9.17) is 5.11 Å². The molecule has 16 heavy (non-hydrogen) atoms. The van der Waals surface area contributed by atoms with Crippen molar-refractivity contribution in [3.63, 3.8) is 0 Å². The number of nitro groups is 1. The Labute approximate surface area is 88.5 Å². The maximum absolute atomic E-state index is 13.2. The first-order valence-corrected chi connectivity index (χ1v) is 4.31. The fourth-order valence-corrected chi connectivity index (χ4v) is 1.19. The lowest BCUT2D eigenvalue weighted by molar-refractivity contribution is -0.385. The first kappa shape index (κ1) is 12.4. The van der Waals surface area contributed by atoms with Gasteiger partial charge in [-0.2, -0.15) is 0 Å². The molecule has 0 saturated carbocycles. The van der Waals surface area contributed by atoms with Gasteiger partial charge in [-0.15, -0.1) is 0 Å². The summed E-state index contributed by atoms with van der Waals surface area (Å²) in [4.78, 5) is 9.37. The van der Waals surface area contributed by atoms with Gasteiger partial charge in [0.15, 0.2) is 0 Å². The first-order valence-electron chi connectivity index (χ1n) is 4.31. The van der Waals surface area contributed by atoms with Gasteiger partial charge in [-0.25, -0.2) is 13.2 Å². The van der Waals surface area contributed by atoms with Crippen molar-refractivity contribution in [1.29, 1.82) is 0 Å². The summed E-state index contributed by atoms with van der Waals surface area (Å²) in [6.45, 7) is -0.802. The number of aliphatic hydroxyl groups excluding tert-OH is 1. The van der Waals surface area contributed by atoms with Gasteiger partial charge >= 0.3 is 0 Å². The van der Waals surface area contributed by atoms with E-state index in [1.165, 1.54) is 0 Å². The molecule has 0 amide bonds. The normalized spacial score (nSPS) is 11.5. The van der Waals surface area contributed by atoms with E-state index in [-0.39, 0.29) is 0 Å². The topological polar surface area (TPSA) is 63.4 Å². The van der Waals surface area contributed by atoms with Crippen LogP contribution in [0.15, 0.2) is 18.2 Å². The molecule has 0 unspecified atom stereocenters. The van der Waals surface area contributed by atoms with Crippen LogP contribution in [0.4, 0.5) is 18.9 Å². The lowest BCUT2D eigenvalue weighted by Gasteiger charge is -2.15. The van der Waals surface area contributed by atoms with Crippen LogP contribution >= 0.6 is 0 Å². The number of non-ortho nitro benzene ring substituents is 1. The van der Waals surface area contributed by atoms with Gasteiger partial charge < -0.3 is 5.11 Å². The first-order chi connectivity index (χ1) is 7.38. The molecule has 0 heterocycles. The molecule has 1 N–H and O–H groups in total. The van der Waals surface area contributed by atoms with Gasteiger partial charge in [0.25, 0.3) is 11.6 Å². The molecule has 0 radical (unpaired) electrons. The van der Waals surface area contributed by atoms with Crippen LogP contribution in [0.3, 0.4) is 0 Å².